The third-order valence-corrected chi connectivity index (χ3v) is 4.77. The first-order valence-corrected chi connectivity index (χ1v) is 8.92. The van der Waals surface area contributed by atoms with Gasteiger partial charge in [-0.15, -0.1) is 0 Å². The van der Waals surface area contributed by atoms with Crippen LogP contribution >= 0.6 is 0 Å². The molecule has 4 rings (SSSR count). The Morgan fingerprint density at radius 2 is 1.54 bits per heavy atom. The fourth-order valence-electron chi connectivity index (χ4n) is 3.31. The number of aliphatic hydroxyl groups excluding tert-OH is 1. The number of fused-ring (bicyclic) bond motifs is 1. The number of nitrogens with one attached hydrogen (secondary N) is 1. The molecule has 1 unspecified atom stereocenters. The minimum atomic E-state index is -0.770. The molecule has 0 radical (unpaired) electrons. The summed E-state index contributed by atoms with van der Waals surface area (Å²) in [6.07, 6.45) is 1.61. The Morgan fingerprint density at radius 3 is 2.21 bits per heavy atom. The van der Waals surface area contributed by atoms with Crippen molar-refractivity contribution in [3.05, 3.63) is 101 Å². The highest BCUT2D eigenvalue weighted by atomic mass is 16.3. The van der Waals surface area contributed by atoms with Gasteiger partial charge in [0.1, 0.15) is 11.8 Å². The Balaban J connectivity index is 1.87. The number of ketones is 2. The molecule has 5 heteroatoms. The molecule has 2 aromatic carbocycles. The molecular weight excluding hydrogens is 352 g/mol. The van der Waals surface area contributed by atoms with E-state index in [-0.39, 0.29) is 16.9 Å². The second kappa shape index (κ2) is 7.12. The summed E-state index contributed by atoms with van der Waals surface area (Å²) in [5.74, 6) is -1.56. The minimum absolute atomic E-state index is 0.00275. The van der Waals surface area contributed by atoms with Gasteiger partial charge in [0.2, 0.25) is 11.6 Å². The lowest BCUT2D eigenvalue weighted by atomic mass is 9.84. The summed E-state index contributed by atoms with van der Waals surface area (Å²) in [5, 5.41) is 14.2. The topological polar surface area (TPSA) is 79.3 Å². The van der Waals surface area contributed by atoms with Crippen LogP contribution in [0.5, 0.6) is 0 Å². The Bertz CT molecular complexity index is 1090. The zero-order valence-corrected chi connectivity index (χ0v) is 15.2. The number of carbonyl (C=O) groups excluding carboxylic acids is 2. The van der Waals surface area contributed by atoms with E-state index in [0.29, 0.717) is 11.3 Å². The van der Waals surface area contributed by atoms with Gasteiger partial charge in [-0.25, -0.2) is 0 Å². The van der Waals surface area contributed by atoms with Crippen molar-refractivity contribution in [3.8, 4) is 0 Å². The van der Waals surface area contributed by atoms with Crippen molar-refractivity contribution in [2.24, 2.45) is 0 Å². The number of aryl methyl sites for hydroxylation is 1. The van der Waals surface area contributed by atoms with Gasteiger partial charge >= 0.3 is 0 Å². The number of hydrogen-bond acceptors (Lipinski definition) is 5. The van der Waals surface area contributed by atoms with Gasteiger partial charge in [0.05, 0.1) is 11.3 Å². The average molecular weight is 370 g/mol. The van der Waals surface area contributed by atoms with Crippen molar-refractivity contribution in [2.75, 3.05) is 5.32 Å². The van der Waals surface area contributed by atoms with E-state index in [1.807, 2.05) is 31.2 Å². The van der Waals surface area contributed by atoms with E-state index in [1.165, 1.54) is 0 Å². The lowest BCUT2D eigenvalue weighted by molar-refractivity contribution is -0.112. The zero-order valence-electron chi connectivity index (χ0n) is 15.2. The molecular formula is C23H18N2O3. The number of aromatic nitrogens is 1. The average Bonchev–Trinajstić information content (AvgIpc) is 2.73. The number of anilines is 1. The van der Waals surface area contributed by atoms with E-state index in [4.69, 9.17) is 0 Å². The quantitative estimate of drug-likeness (QED) is 0.670. The summed E-state index contributed by atoms with van der Waals surface area (Å²) in [5.41, 5.74) is 2.95. The lowest BCUT2D eigenvalue weighted by Crippen LogP contribution is -2.30. The van der Waals surface area contributed by atoms with Crippen molar-refractivity contribution >= 4 is 23.0 Å². The smallest absolute Gasteiger partial charge is 0.235 e. The molecule has 1 aromatic heterocycles. The van der Waals surface area contributed by atoms with E-state index >= 15 is 0 Å². The van der Waals surface area contributed by atoms with Gasteiger partial charge in [-0.3, -0.25) is 14.6 Å². The molecule has 138 valence electrons. The van der Waals surface area contributed by atoms with Crippen LogP contribution in [0.1, 0.15) is 33.2 Å². The first-order chi connectivity index (χ1) is 13.6. The molecule has 28 heavy (non-hydrogen) atoms. The van der Waals surface area contributed by atoms with Crippen LogP contribution < -0.4 is 5.32 Å². The number of pyridine rings is 1. The summed E-state index contributed by atoms with van der Waals surface area (Å²) >= 11 is 0. The summed E-state index contributed by atoms with van der Waals surface area (Å²) in [4.78, 5) is 29.9. The van der Waals surface area contributed by atoms with Crippen LogP contribution in [0.4, 0.5) is 5.69 Å². The third kappa shape index (κ3) is 3.07. The predicted octanol–water partition coefficient (Wildman–Crippen LogP) is 4.28. The first-order valence-electron chi connectivity index (χ1n) is 8.92. The Kier molecular flexibility index (Phi) is 4.49. The van der Waals surface area contributed by atoms with Gasteiger partial charge < -0.3 is 10.4 Å². The molecule has 1 atom stereocenters. The SMILES string of the molecule is Cc1ccc(NC(C2=C(O)c3ccccc3C(=O)C2=O)c2ccccn2)cc1. The molecule has 0 aliphatic heterocycles. The van der Waals surface area contributed by atoms with Gasteiger partial charge in [0, 0.05) is 23.0 Å². The summed E-state index contributed by atoms with van der Waals surface area (Å²) < 4.78 is 0. The van der Waals surface area contributed by atoms with Crippen molar-refractivity contribution in [1.29, 1.82) is 0 Å². The van der Waals surface area contributed by atoms with Crippen molar-refractivity contribution < 1.29 is 14.7 Å². The van der Waals surface area contributed by atoms with Crippen LogP contribution in [0.2, 0.25) is 0 Å². The van der Waals surface area contributed by atoms with E-state index in [2.05, 4.69) is 10.3 Å². The molecule has 5 nitrogen and oxygen atoms in total. The van der Waals surface area contributed by atoms with Gasteiger partial charge in [-0.05, 0) is 31.2 Å². The highest BCUT2D eigenvalue weighted by molar-refractivity contribution is 6.52. The standard InChI is InChI=1S/C23H18N2O3/c1-14-9-11-15(12-10-14)25-20(18-8-4-5-13-24-18)19-21(26)16-6-2-3-7-17(16)22(27)23(19)28/h2-13,20,25-26H,1H3. The molecule has 0 saturated heterocycles. The minimum Gasteiger partial charge on any atom is -0.507 e. The Hall–Kier alpha value is -3.73. The van der Waals surface area contributed by atoms with Crippen molar-refractivity contribution in [1.82, 2.24) is 4.98 Å². The number of rotatable bonds is 4. The van der Waals surface area contributed by atoms with E-state index in [1.54, 1.807) is 48.7 Å². The van der Waals surface area contributed by atoms with Crippen LogP contribution in [0.3, 0.4) is 0 Å². The number of hydrogen-bond donors (Lipinski definition) is 2. The Labute approximate surface area is 162 Å². The molecule has 1 heterocycles. The highest BCUT2D eigenvalue weighted by Crippen LogP contribution is 2.36. The molecule has 1 aliphatic rings. The van der Waals surface area contributed by atoms with E-state index < -0.39 is 17.6 Å². The summed E-state index contributed by atoms with van der Waals surface area (Å²) in [6, 6.07) is 18.8. The fraction of sp³-hybridized carbons (Fsp3) is 0.0870. The van der Waals surface area contributed by atoms with Gasteiger partial charge in [-0.1, -0.05) is 48.0 Å². The molecule has 1 aliphatic carbocycles. The van der Waals surface area contributed by atoms with Crippen LogP contribution in [-0.2, 0) is 4.79 Å². The largest absolute Gasteiger partial charge is 0.507 e. The highest BCUT2D eigenvalue weighted by Gasteiger charge is 2.38. The van der Waals surface area contributed by atoms with E-state index in [9.17, 15) is 14.7 Å². The maximum Gasteiger partial charge on any atom is 0.235 e. The first kappa shape index (κ1) is 17.7. The molecule has 0 bridgehead atoms. The van der Waals surface area contributed by atoms with Crippen molar-refractivity contribution in [2.45, 2.75) is 13.0 Å². The monoisotopic (exact) mass is 370 g/mol. The molecule has 0 saturated carbocycles. The van der Waals surface area contributed by atoms with Crippen molar-refractivity contribution in [3.63, 3.8) is 0 Å². The fourth-order valence-corrected chi connectivity index (χ4v) is 3.31. The zero-order chi connectivity index (χ0) is 19.7. The maximum atomic E-state index is 12.9. The normalized spacial score (nSPS) is 14.6. The maximum absolute atomic E-state index is 12.9. The molecule has 0 spiro atoms. The summed E-state index contributed by atoms with van der Waals surface area (Å²) in [7, 11) is 0. The van der Waals surface area contributed by atoms with Gasteiger partial charge in [0.15, 0.2) is 0 Å². The van der Waals surface area contributed by atoms with Crippen LogP contribution in [0.15, 0.2) is 78.5 Å². The third-order valence-electron chi connectivity index (χ3n) is 4.77. The second-order valence-electron chi connectivity index (χ2n) is 6.66. The van der Waals surface area contributed by atoms with Gasteiger partial charge in [0.25, 0.3) is 0 Å². The number of benzene rings is 2. The van der Waals surface area contributed by atoms with Crippen LogP contribution in [-0.4, -0.2) is 21.7 Å². The molecule has 2 N–H and O–H groups in total. The van der Waals surface area contributed by atoms with E-state index in [0.717, 1.165) is 11.3 Å². The Morgan fingerprint density at radius 1 is 0.857 bits per heavy atom. The predicted molar refractivity (Wildman–Crippen MR) is 107 cm³/mol. The molecule has 0 amide bonds. The summed E-state index contributed by atoms with van der Waals surface area (Å²) in [6.45, 7) is 1.98. The molecule has 3 aromatic rings. The lowest BCUT2D eigenvalue weighted by Gasteiger charge is -2.26. The number of nitrogens with zero attached hydrogens (tertiary/aromatic N) is 1. The second-order valence-corrected chi connectivity index (χ2v) is 6.66. The van der Waals surface area contributed by atoms with Gasteiger partial charge in [-0.2, -0.15) is 0 Å². The molecule has 0 fully saturated rings. The van der Waals surface area contributed by atoms with Crippen LogP contribution in [0, 0.1) is 6.92 Å². The number of carbonyl (C=O) groups is 2. The number of Topliss-reactive ketones (excluding diaryl/α,β-unsaturated/α-hetero) is 2. The number of aliphatic hydroxyl groups is 1. The van der Waals surface area contributed by atoms with Crippen LogP contribution in [0.25, 0.3) is 5.76 Å².